The Morgan fingerprint density at radius 3 is 2.63 bits per heavy atom. The predicted molar refractivity (Wildman–Crippen MR) is 115 cm³/mol. The Morgan fingerprint density at radius 2 is 1.90 bits per heavy atom. The van der Waals surface area contributed by atoms with E-state index in [1.165, 1.54) is 0 Å². The number of methoxy groups -OCH3 is 1. The van der Waals surface area contributed by atoms with Gasteiger partial charge in [-0.3, -0.25) is 9.59 Å². The van der Waals surface area contributed by atoms with Gasteiger partial charge in [-0.25, -0.2) is 0 Å². The minimum Gasteiger partial charge on any atom is -0.493 e. The highest BCUT2D eigenvalue weighted by molar-refractivity contribution is 5.99. The number of fused-ring (bicyclic) bond motifs is 2. The van der Waals surface area contributed by atoms with E-state index in [0.717, 1.165) is 30.4 Å². The molecule has 0 aliphatic carbocycles. The molecule has 6 heteroatoms. The number of amides is 1. The van der Waals surface area contributed by atoms with E-state index in [9.17, 15) is 9.59 Å². The lowest BCUT2D eigenvalue weighted by Gasteiger charge is -2.16. The molecule has 3 aromatic rings. The minimum atomic E-state index is -0.600. The fraction of sp³-hybridized carbons (Fsp3) is 0.333. The van der Waals surface area contributed by atoms with Crippen LogP contribution in [-0.2, 0) is 6.42 Å². The van der Waals surface area contributed by atoms with Crippen LogP contribution in [0.1, 0.15) is 60.0 Å². The number of benzene rings is 2. The number of carbonyl (C=O) groups excluding carboxylic acids is 1. The highest BCUT2D eigenvalue weighted by Crippen LogP contribution is 2.36. The van der Waals surface area contributed by atoms with Crippen molar-refractivity contribution in [2.45, 2.75) is 39.2 Å². The second kappa shape index (κ2) is 8.22. The zero-order valence-electron chi connectivity index (χ0n) is 17.4. The smallest absolute Gasteiger partial charge is 0.288 e. The zero-order chi connectivity index (χ0) is 21.3. The number of rotatable bonds is 7. The van der Waals surface area contributed by atoms with E-state index in [-0.39, 0.29) is 11.2 Å². The first kappa shape index (κ1) is 20.0. The average molecular weight is 407 g/mol. The van der Waals surface area contributed by atoms with Crippen LogP contribution < -0.4 is 20.2 Å². The van der Waals surface area contributed by atoms with Gasteiger partial charge in [-0.15, -0.1) is 0 Å². The van der Waals surface area contributed by atoms with E-state index in [1.807, 2.05) is 31.2 Å². The summed E-state index contributed by atoms with van der Waals surface area (Å²) in [4.78, 5) is 25.9. The topological polar surface area (TPSA) is 77.8 Å². The second-order valence-corrected chi connectivity index (χ2v) is 7.38. The van der Waals surface area contributed by atoms with Gasteiger partial charge in [0, 0.05) is 0 Å². The largest absolute Gasteiger partial charge is 0.493 e. The molecule has 1 amide bonds. The quantitative estimate of drug-likeness (QED) is 0.588. The van der Waals surface area contributed by atoms with Gasteiger partial charge in [0.1, 0.15) is 5.58 Å². The highest BCUT2D eigenvalue weighted by atomic mass is 16.5. The fourth-order valence-electron chi connectivity index (χ4n) is 3.74. The Morgan fingerprint density at radius 1 is 1.07 bits per heavy atom. The van der Waals surface area contributed by atoms with Crippen LogP contribution in [0.25, 0.3) is 11.0 Å². The highest BCUT2D eigenvalue weighted by Gasteiger charge is 2.36. The van der Waals surface area contributed by atoms with Crippen LogP contribution in [-0.4, -0.2) is 19.6 Å². The molecule has 2 aromatic carbocycles. The number of ether oxygens (including phenoxy) is 2. The molecule has 1 atom stereocenters. The van der Waals surface area contributed by atoms with E-state index in [4.69, 9.17) is 13.9 Å². The molecular weight excluding hydrogens is 382 g/mol. The Labute approximate surface area is 174 Å². The van der Waals surface area contributed by atoms with Crippen LogP contribution in [0.4, 0.5) is 0 Å². The van der Waals surface area contributed by atoms with Crippen molar-refractivity contribution in [2.75, 3.05) is 13.7 Å². The van der Waals surface area contributed by atoms with Crippen molar-refractivity contribution in [3.8, 4) is 11.5 Å². The summed E-state index contributed by atoms with van der Waals surface area (Å²) in [5.41, 5.74) is 2.34. The molecule has 1 aliphatic rings. The predicted octanol–water partition coefficient (Wildman–Crippen LogP) is 4.38. The zero-order valence-corrected chi connectivity index (χ0v) is 17.4. The normalized spacial score (nSPS) is 15.2. The molecule has 0 radical (unpaired) electrons. The number of unbranched alkanes of at least 4 members (excludes halogenated alkanes) is 1. The number of nitrogens with one attached hydrogen (secondary N) is 1. The summed E-state index contributed by atoms with van der Waals surface area (Å²) in [6.45, 7) is 4.73. The maximum absolute atomic E-state index is 13.3. The molecule has 30 heavy (non-hydrogen) atoms. The SMILES string of the molecule is CCCCOc1ccc(C2NC(=O)c3oc4ccc(CC)cc4c(=O)c32)cc1OC. The lowest BCUT2D eigenvalue weighted by atomic mass is 9.98. The van der Waals surface area contributed by atoms with E-state index in [1.54, 1.807) is 19.2 Å². The Balaban J connectivity index is 1.78. The van der Waals surface area contributed by atoms with Crippen molar-refractivity contribution < 1.29 is 18.7 Å². The van der Waals surface area contributed by atoms with Crippen LogP contribution in [0.15, 0.2) is 45.6 Å². The van der Waals surface area contributed by atoms with Crippen molar-refractivity contribution in [3.63, 3.8) is 0 Å². The molecule has 156 valence electrons. The summed E-state index contributed by atoms with van der Waals surface area (Å²) in [5, 5.41) is 3.36. The first-order chi connectivity index (χ1) is 14.6. The fourth-order valence-corrected chi connectivity index (χ4v) is 3.74. The molecule has 2 heterocycles. The van der Waals surface area contributed by atoms with Gasteiger partial charge in [0.05, 0.1) is 30.7 Å². The lowest BCUT2D eigenvalue weighted by molar-refractivity contribution is 0.0938. The van der Waals surface area contributed by atoms with Crippen molar-refractivity contribution in [1.29, 1.82) is 0 Å². The second-order valence-electron chi connectivity index (χ2n) is 7.38. The molecule has 0 saturated carbocycles. The molecule has 0 saturated heterocycles. The van der Waals surface area contributed by atoms with E-state index >= 15 is 0 Å². The van der Waals surface area contributed by atoms with E-state index in [0.29, 0.717) is 34.6 Å². The standard InChI is InChI=1S/C24H25NO5/c1-4-6-11-29-18-10-8-15(13-19(18)28-3)21-20-22(26)16-12-14(5-2)7-9-17(16)30-23(20)24(27)25-21/h7-10,12-13,21H,4-6,11H2,1-3H3,(H,25,27). The van der Waals surface area contributed by atoms with Crippen LogP contribution in [0, 0.1) is 0 Å². The Kier molecular flexibility index (Phi) is 5.48. The van der Waals surface area contributed by atoms with Crippen molar-refractivity contribution in [1.82, 2.24) is 5.32 Å². The van der Waals surface area contributed by atoms with Gasteiger partial charge in [0.2, 0.25) is 5.76 Å². The molecule has 1 N–H and O–H groups in total. The molecule has 4 rings (SSSR count). The van der Waals surface area contributed by atoms with Crippen LogP contribution in [0.3, 0.4) is 0 Å². The Bertz CT molecular complexity index is 1160. The van der Waals surface area contributed by atoms with Gasteiger partial charge in [-0.05, 0) is 48.2 Å². The lowest BCUT2D eigenvalue weighted by Crippen LogP contribution is -2.22. The first-order valence-corrected chi connectivity index (χ1v) is 10.3. The monoisotopic (exact) mass is 407 g/mol. The van der Waals surface area contributed by atoms with Gasteiger partial charge in [0.15, 0.2) is 16.9 Å². The minimum absolute atomic E-state index is 0.0731. The summed E-state index contributed by atoms with van der Waals surface area (Å²) in [7, 11) is 1.57. The molecule has 1 unspecified atom stereocenters. The van der Waals surface area contributed by atoms with Crippen molar-refractivity contribution in [2.24, 2.45) is 0 Å². The van der Waals surface area contributed by atoms with Crippen LogP contribution in [0.2, 0.25) is 0 Å². The third-order valence-electron chi connectivity index (χ3n) is 5.44. The number of aryl methyl sites for hydroxylation is 1. The molecule has 1 aromatic heterocycles. The van der Waals surface area contributed by atoms with Gasteiger partial charge in [0.25, 0.3) is 5.91 Å². The molecule has 0 spiro atoms. The number of hydrogen-bond acceptors (Lipinski definition) is 5. The third kappa shape index (κ3) is 3.43. The summed E-state index contributed by atoms with van der Waals surface area (Å²) in [6.07, 6.45) is 2.80. The number of carbonyl (C=O) groups is 1. The van der Waals surface area contributed by atoms with E-state index in [2.05, 4.69) is 12.2 Å². The summed E-state index contributed by atoms with van der Waals surface area (Å²) in [6, 6.07) is 10.4. The third-order valence-corrected chi connectivity index (χ3v) is 5.44. The summed E-state index contributed by atoms with van der Waals surface area (Å²) in [5.74, 6) is 0.877. The van der Waals surface area contributed by atoms with Crippen LogP contribution in [0.5, 0.6) is 11.5 Å². The van der Waals surface area contributed by atoms with E-state index < -0.39 is 11.9 Å². The maximum Gasteiger partial charge on any atom is 0.288 e. The average Bonchev–Trinajstić information content (AvgIpc) is 3.10. The van der Waals surface area contributed by atoms with Gasteiger partial charge in [-0.2, -0.15) is 0 Å². The van der Waals surface area contributed by atoms with Crippen molar-refractivity contribution in [3.05, 3.63) is 69.1 Å². The molecular formula is C24H25NO5. The molecule has 0 bridgehead atoms. The molecule has 1 aliphatic heterocycles. The first-order valence-electron chi connectivity index (χ1n) is 10.3. The van der Waals surface area contributed by atoms with Gasteiger partial charge in [-0.1, -0.05) is 32.4 Å². The van der Waals surface area contributed by atoms with Gasteiger partial charge >= 0.3 is 0 Å². The molecule has 6 nitrogen and oxygen atoms in total. The van der Waals surface area contributed by atoms with Crippen molar-refractivity contribution >= 4 is 16.9 Å². The number of hydrogen-bond donors (Lipinski definition) is 1. The van der Waals surface area contributed by atoms with Gasteiger partial charge < -0.3 is 19.2 Å². The summed E-state index contributed by atoms with van der Waals surface area (Å²) >= 11 is 0. The Hall–Kier alpha value is -3.28. The molecule has 0 fully saturated rings. The van der Waals surface area contributed by atoms with Crippen LogP contribution >= 0.6 is 0 Å². The summed E-state index contributed by atoms with van der Waals surface area (Å²) < 4.78 is 17.1. The maximum atomic E-state index is 13.3.